The van der Waals surface area contributed by atoms with Crippen molar-refractivity contribution in [2.45, 2.75) is 105 Å². The van der Waals surface area contributed by atoms with Crippen LogP contribution in [0.1, 0.15) is 120 Å². The zero-order valence-electron chi connectivity index (χ0n) is 45.3. The van der Waals surface area contributed by atoms with Crippen molar-refractivity contribution in [2.24, 2.45) is 0 Å². The van der Waals surface area contributed by atoms with Gasteiger partial charge < -0.3 is 25.7 Å². The minimum atomic E-state index is -1.11. The molecule has 7 heterocycles. The number of carboxylic acid groups (broad SMARTS) is 1. The molecule has 0 saturated carbocycles. The number of nitrogens with zero attached hydrogens (tertiary/aromatic N) is 1. The fraction of sp³-hybridized carbons (Fsp3) is 0.295. The van der Waals surface area contributed by atoms with E-state index in [9.17, 15) is 48.6 Å². The number of amides is 1. The second-order valence-electron chi connectivity index (χ2n) is 18.3. The predicted octanol–water partition coefficient (Wildman–Crippen LogP) is 10.8. The van der Waals surface area contributed by atoms with Crippen LogP contribution in [0.5, 0.6) is 5.75 Å². The van der Waals surface area contributed by atoms with Gasteiger partial charge in [-0.1, -0.05) is 56.0 Å². The molecule has 0 fully saturated rings. The van der Waals surface area contributed by atoms with Crippen molar-refractivity contribution in [3.05, 3.63) is 175 Å². The van der Waals surface area contributed by atoms with Crippen LogP contribution >= 0.6 is 79.9 Å². The number of hydrogen-bond acceptors (Lipinski definition) is 17. The van der Waals surface area contributed by atoms with Crippen molar-refractivity contribution in [3.8, 4) is 5.75 Å². The van der Waals surface area contributed by atoms with Crippen molar-refractivity contribution < 1.29 is 88.3 Å². The van der Waals surface area contributed by atoms with Gasteiger partial charge in [-0.15, -0.1) is 68.3 Å². The summed E-state index contributed by atoms with van der Waals surface area (Å²) < 4.78 is 4.57. The molecule has 434 valence electrons. The maximum Gasteiger partial charge on any atom is 1.00 e. The number of aromatic nitrogens is 1. The Morgan fingerprint density at radius 2 is 1.11 bits per heavy atom. The number of fused-ring (bicyclic) bond motifs is 6. The van der Waals surface area contributed by atoms with Crippen LogP contribution in [0.4, 0.5) is 5.69 Å². The number of anilines is 1. The molecule has 2 aromatic carbocycles. The minimum absolute atomic E-state index is 0. The standard InChI is InChI=1S/C19H17NO3S.C12H11NO2.C9H10O3S.C7H7ClOS.C7H8OS.C6H5ClOS.CH4.Na.H2O/c21-18-15(10-12-5-3-9-24-12)20-17-13-6-2-1-4-11(13)7-8-14(17)16(18)19(22)23;14-11-9-6-5-7-3-1-2-4-8(7)10(9)13-12(11)15;1-7(10)12-6-8(11)5-9-3-2-4-13-9;8-5-6(9)4-7-2-1-3-10-7;1-6(8)5-7-3-2-4-9-7;7-6(8)4-5-2-1-3-9-5;;;/h3,5,7-9,21H,1-2,4,6,10H2,(H,22,23);5-6H,1-4H2,(H,13,14,15);2-4H,5-6H2,1H3;1-3H,4-5H2;2-4H,5H2,1H3;1-3H,4H2;1H4;;1H2/q;;;;;;;+1;/p-1. The van der Waals surface area contributed by atoms with E-state index in [-0.39, 0.29) is 88.9 Å². The van der Waals surface area contributed by atoms with Crippen molar-refractivity contribution >= 4 is 143 Å². The van der Waals surface area contributed by atoms with E-state index in [1.807, 2.05) is 99.7 Å². The Hall–Kier alpha value is -5.55. The van der Waals surface area contributed by atoms with Crippen LogP contribution in [0.3, 0.4) is 0 Å². The first-order valence-electron chi connectivity index (χ1n) is 25.4. The topological polar surface area (TPSA) is 241 Å². The number of ketones is 4. The maximum atomic E-state index is 11.8. The molecule has 2 aliphatic carbocycles. The maximum absolute atomic E-state index is 11.8. The van der Waals surface area contributed by atoms with E-state index in [0.717, 1.165) is 86.1 Å². The van der Waals surface area contributed by atoms with Gasteiger partial charge in [0.1, 0.15) is 18.0 Å². The molecule has 0 atom stereocenters. The van der Waals surface area contributed by atoms with Crippen LogP contribution in [0.15, 0.2) is 112 Å². The number of aromatic hydroxyl groups is 1. The number of nitrogens with one attached hydrogen (secondary N) is 1. The number of halogens is 2. The van der Waals surface area contributed by atoms with Gasteiger partial charge in [0, 0.05) is 62.4 Å². The third-order valence-corrected chi connectivity index (χ3v) is 17.1. The van der Waals surface area contributed by atoms with Gasteiger partial charge in [-0.25, -0.2) is 9.78 Å². The van der Waals surface area contributed by atoms with Gasteiger partial charge in [0.05, 0.1) is 34.8 Å². The summed E-state index contributed by atoms with van der Waals surface area (Å²) in [6.07, 6.45) is 10.8. The monoisotopic (exact) mass is 1270 g/mol. The van der Waals surface area contributed by atoms with Gasteiger partial charge in [-0.3, -0.25) is 33.6 Å². The number of alkyl halides is 1. The molecule has 11 rings (SSSR count). The van der Waals surface area contributed by atoms with E-state index in [0.29, 0.717) is 48.7 Å². The van der Waals surface area contributed by atoms with Crippen LogP contribution in [-0.4, -0.2) is 79.4 Å². The summed E-state index contributed by atoms with van der Waals surface area (Å²) >= 11 is 18.3. The summed E-state index contributed by atoms with van der Waals surface area (Å²) in [5, 5.41) is 32.8. The molecule has 0 unspecified atom stereocenters. The Balaban J connectivity index is 0.000000271. The Labute approximate surface area is 534 Å². The number of ether oxygens (including phenoxy) is 1. The fourth-order valence-electron chi connectivity index (χ4n) is 8.67. The number of pyridine rings is 1. The summed E-state index contributed by atoms with van der Waals surface area (Å²) in [6, 6.07) is 26.8. The van der Waals surface area contributed by atoms with Gasteiger partial charge in [-0.2, -0.15) is 0 Å². The van der Waals surface area contributed by atoms with Gasteiger partial charge in [-0.05, 0) is 155 Å². The number of carbonyl (C=O) groups is 8. The Kier molecular flexibility index (Phi) is 32.0. The normalized spacial score (nSPS) is 12.0. The fourth-order valence-corrected chi connectivity index (χ4v) is 12.6. The molecule has 1 amide bonds. The van der Waals surface area contributed by atoms with Crippen molar-refractivity contribution in [3.63, 3.8) is 0 Å². The molecule has 0 radical (unpaired) electrons. The van der Waals surface area contributed by atoms with Crippen molar-refractivity contribution in [1.29, 1.82) is 0 Å². The Morgan fingerprint density at radius 3 is 1.59 bits per heavy atom. The number of benzene rings is 2. The van der Waals surface area contributed by atoms with Gasteiger partial charge in [0.15, 0.2) is 17.3 Å². The first-order chi connectivity index (χ1) is 38.5. The first kappa shape index (κ1) is 71.7. The second-order valence-corrected chi connectivity index (χ2v) is 24.2. The second kappa shape index (κ2) is 37.0. The number of Topliss-reactive ketones (excluding diaryl/α,β-unsaturated/α-hetero) is 4. The number of thiophene rings is 5. The summed E-state index contributed by atoms with van der Waals surface area (Å²) in [5.74, 6) is -2.24. The molecule has 0 bridgehead atoms. The smallest absolute Gasteiger partial charge is 0.870 e. The molecular weight excluding hydrogens is 1210 g/mol. The average Bonchev–Trinajstić information content (AvgIpc) is 4.45. The summed E-state index contributed by atoms with van der Waals surface area (Å²) in [4.78, 5) is 97.6. The summed E-state index contributed by atoms with van der Waals surface area (Å²) in [7, 11) is 0. The van der Waals surface area contributed by atoms with Crippen molar-refractivity contribution in [1.82, 2.24) is 4.98 Å². The number of esters is 1. The minimum Gasteiger partial charge on any atom is -0.870 e. The van der Waals surface area contributed by atoms with Crippen molar-refractivity contribution in [2.75, 3.05) is 17.8 Å². The number of carboxylic acids is 1. The summed E-state index contributed by atoms with van der Waals surface area (Å²) in [5.41, 5.74) is 7.37. The van der Waals surface area contributed by atoms with Gasteiger partial charge in [0.25, 0.3) is 11.7 Å². The molecule has 1 aliphatic heterocycles. The molecule has 8 aromatic rings. The van der Waals surface area contributed by atoms with E-state index in [1.54, 1.807) is 64.4 Å². The van der Waals surface area contributed by atoms with E-state index in [4.69, 9.17) is 28.2 Å². The van der Waals surface area contributed by atoms with E-state index in [2.05, 4.69) is 10.1 Å². The van der Waals surface area contributed by atoms with Crippen LogP contribution in [0.2, 0.25) is 0 Å². The molecule has 4 N–H and O–H groups in total. The van der Waals surface area contributed by atoms with Crippen LogP contribution in [0, 0.1) is 0 Å². The third kappa shape index (κ3) is 22.8. The largest absolute Gasteiger partial charge is 1.00 e. The molecule has 3 aliphatic rings. The van der Waals surface area contributed by atoms with Gasteiger partial charge in [0.2, 0.25) is 5.24 Å². The number of aromatic carboxylic acids is 1. The molecular formula is C61H63Cl2N2NaO12S5. The van der Waals surface area contributed by atoms with E-state index < -0.39 is 23.6 Å². The quantitative estimate of drug-likeness (QED) is 0.0302. The SMILES string of the molecule is C.CC(=O)Cc1cccs1.CC(=O)OCC(=O)Cc1cccs1.O=C(CCl)Cc1cccs1.O=C(Cl)Cc1cccs1.O=C(O)c1c(O)c(Cc2cccs2)nc2c3c(ccc12)CCCC3.O=C1Nc2c(ccc3c2CCCC3)C1=O.[Na+].[OH-]. The third-order valence-electron chi connectivity index (χ3n) is 12.3. The molecule has 14 nitrogen and oxygen atoms in total. The molecule has 0 spiro atoms. The first-order valence-corrected chi connectivity index (χ1v) is 30.7. The summed E-state index contributed by atoms with van der Waals surface area (Å²) in [6.45, 7) is 2.78. The molecule has 22 heteroatoms. The molecule has 83 heavy (non-hydrogen) atoms. The zero-order valence-corrected chi connectivity index (χ0v) is 52.9. The van der Waals surface area contributed by atoms with Gasteiger partial charge >= 0.3 is 41.5 Å². The van der Waals surface area contributed by atoms with E-state index >= 15 is 0 Å². The molecule has 6 aromatic heterocycles. The van der Waals surface area contributed by atoms with E-state index in [1.165, 1.54) is 41.4 Å². The number of rotatable bonds is 14. The number of carbonyl (C=O) groups excluding carboxylic acids is 7. The molecule has 0 saturated heterocycles. The number of aryl methyl sites for hydroxylation is 3. The predicted molar refractivity (Wildman–Crippen MR) is 330 cm³/mol. The van der Waals surface area contributed by atoms with Crippen LogP contribution < -0.4 is 34.9 Å². The van der Waals surface area contributed by atoms with Crippen LogP contribution in [-0.2, 0) is 91.3 Å². The average molecular weight is 1270 g/mol. The van der Waals surface area contributed by atoms with Crippen LogP contribution in [0.25, 0.3) is 10.9 Å². The number of hydrogen-bond donors (Lipinski definition) is 3. The Bertz CT molecular complexity index is 3340. The Morgan fingerprint density at radius 1 is 0.639 bits per heavy atom. The zero-order chi connectivity index (χ0) is 57.6.